The van der Waals surface area contributed by atoms with E-state index in [1.54, 1.807) is 27.7 Å². The lowest BCUT2D eigenvalue weighted by Crippen LogP contribution is -2.44. The van der Waals surface area contributed by atoms with Crippen LogP contribution in [-0.2, 0) is 14.3 Å². The second kappa shape index (κ2) is 9.59. The number of hydrogen-bond donors (Lipinski definition) is 3. The molecule has 144 valence electrons. The Balaban J connectivity index is 2.66. The van der Waals surface area contributed by atoms with Crippen molar-refractivity contribution in [3.8, 4) is 0 Å². The van der Waals surface area contributed by atoms with Crippen molar-refractivity contribution in [2.75, 3.05) is 13.2 Å². The number of amides is 3. The number of hydrogen-bond acceptors (Lipinski definition) is 6. The van der Waals surface area contributed by atoms with Crippen molar-refractivity contribution < 1.29 is 28.7 Å². The average Bonchev–Trinajstić information content (AvgIpc) is 2.87. The molecule has 1 rings (SSSR count). The molecule has 1 aromatic rings. The van der Waals surface area contributed by atoms with Crippen LogP contribution in [0.3, 0.4) is 0 Å². The van der Waals surface area contributed by atoms with Crippen molar-refractivity contribution in [3.63, 3.8) is 0 Å². The summed E-state index contributed by atoms with van der Waals surface area (Å²) in [5.74, 6) is -2.11. The van der Waals surface area contributed by atoms with E-state index in [4.69, 9.17) is 9.47 Å². The lowest BCUT2D eigenvalue weighted by Gasteiger charge is -2.11. The molecule has 0 unspecified atom stereocenters. The molecule has 3 N–H and O–H groups in total. The third-order valence-corrected chi connectivity index (χ3v) is 3.70. The highest BCUT2D eigenvalue weighted by molar-refractivity contribution is 6.00. The van der Waals surface area contributed by atoms with Gasteiger partial charge in [0, 0.05) is 11.7 Å². The number of nitrogens with one attached hydrogen (secondary N) is 3. The number of aryl methyl sites for hydroxylation is 1. The van der Waals surface area contributed by atoms with Crippen LogP contribution in [0.1, 0.15) is 59.3 Å². The fourth-order valence-corrected chi connectivity index (χ4v) is 2.19. The standard InChI is InChI=1S/C17H25N3O6/c1-6-9(3)18-17(24)20-12(21)8-26-16(23)14-10(4)13(11(5)19-14)15(22)25-7-2/h9,19H,6-8H2,1-5H3,(H2,18,20,21,24)/t9-/m1/s1. The number of H-pyrrole nitrogens is 1. The monoisotopic (exact) mass is 367 g/mol. The second-order valence-corrected chi connectivity index (χ2v) is 5.75. The molecular formula is C17H25N3O6. The molecule has 0 spiro atoms. The van der Waals surface area contributed by atoms with Crippen LogP contribution in [-0.4, -0.2) is 48.1 Å². The van der Waals surface area contributed by atoms with Crippen molar-refractivity contribution in [2.24, 2.45) is 0 Å². The molecule has 9 heteroatoms. The summed E-state index contributed by atoms with van der Waals surface area (Å²) in [5, 5.41) is 4.62. The van der Waals surface area contributed by atoms with Crippen molar-refractivity contribution in [1.82, 2.24) is 15.6 Å². The minimum absolute atomic E-state index is 0.0578. The number of aromatic nitrogens is 1. The van der Waals surface area contributed by atoms with Gasteiger partial charge in [-0.15, -0.1) is 0 Å². The first kappa shape index (κ1) is 21.2. The smallest absolute Gasteiger partial charge is 0.355 e. The summed E-state index contributed by atoms with van der Waals surface area (Å²) in [6, 6.07) is -0.743. The maximum absolute atomic E-state index is 12.1. The van der Waals surface area contributed by atoms with Crippen molar-refractivity contribution >= 4 is 23.9 Å². The number of rotatable bonds is 7. The van der Waals surface area contributed by atoms with E-state index in [-0.39, 0.29) is 23.9 Å². The molecule has 0 aromatic carbocycles. The zero-order chi connectivity index (χ0) is 19.9. The first-order chi connectivity index (χ1) is 12.2. The topological polar surface area (TPSA) is 127 Å². The van der Waals surface area contributed by atoms with Gasteiger partial charge in [-0.2, -0.15) is 0 Å². The second-order valence-electron chi connectivity index (χ2n) is 5.75. The van der Waals surface area contributed by atoms with E-state index in [0.29, 0.717) is 17.7 Å². The summed E-state index contributed by atoms with van der Waals surface area (Å²) in [7, 11) is 0. The highest BCUT2D eigenvalue weighted by Crippen LogP contribution is 2.19. The molecule has 3 amide bonds. The molecule has 0 aliphatic carbocycles. The van der Waals surface area contributed by atoms with Gasteiger partial charge in [-0.05, 0) is 39.7 Å². The average molecular weight is 367 g/mol. The predicted molar refractivity (Wildman–Crippen MR) is 92.9 cm³/mol. The van der Waals surface area contributed by atoms with Crippen LogP contribution in [0.25, 0.3) is 0 Å². The van der Waals surface area contributed by atoms with E-state index in [1.165, 1.54) is 0 Å². The van der Waals surface area contributed by atoms with Gasteiger partial charge in [-0.25, -0.2) is 14.4 Å². The highest BCUT2D eigenvalue weighted by Gasteiger charge is 2.24. The van der Waals surface area contributed by atoms with Gasteiger partial charge >= 0.3 is 18.0 Å². The summed E-state index contributed by atoms with van der Waals surface area (Å²) < 4.78 is 9.84. The molecule has 1 aromatic heterocycles. The van der Waals surface area contributed by atoms with Gasteiger partial charge in [-0.1, -0.05) is 6.92 Å². The maximum Gasteiger partial charge on any atom is 0.355 e. The van der Waals surface area contributed by atoms with Gasteiger partial charge < -0.3 is 19.8 Å². The Bertz CT molecular complexity index is 695. The number of carbonyl (C=O) groups excluding carboxylic acids is 4. The van der Waals surface area contributed by atoms with Crippen LogP contribution in [0.2, 0.25) is 0 Å². The van der Waals surface area contributed by atoms with E-state index in [2.05, 4.69) is 15.6 Å². The molecule has 1 atom stereocenters. The Morgan fingerprint density at radius 2 is 1.73 bits per heavy atom. The minimum atomic E-state index is -0.807. The van der Waals surface area contributed by atoms with E-state index in [1.807, 2.05) is 6.92 Å². The van der Waals surface area contributed by atoms with Crippen LogP contribution in [0.5, 0.6) is 0 Å². The van der Waals surface area contributed by atoms with Gasteiger partial charge in [0.05, 0.1) is 12.2 Å². The molecule has 0 saturated carbocycles. The largest absolute Gasteiger partial charge is 0.462 e. The minimum Gasteiger partial charge on any atom is -0.462 e. The Morgan fingerprint density at radius 3 is 2.31 bits per heavy atom. The van der Waals surface area contributed by atoms with Gasteiger partial charge in [-0.3, -0.25) is 10.1 Å². The van der Waals surface area contributed by atoms with Gasteiger partial charge in [0.25, 0.3) is 5.91 Å². The number of urea groups is 1. The first-order valence-electron chi connectivity index (χ1n) is 8.34. The lowest BCUT2D eigenvalue weighted by atomic mass is 10.1. The lowest BCUT2D eigenvalue weighted by molar-refractivity contribution is -0.123. The fraction of sp³-hybridized carbons (Fsp3) is 0.529. The number of esters is 2. The van der Waals surface area contributed by atoms with E-state index in [0.717, 1.165) is 0 Å². The van der Waals surface area contributed by atoms with E-state index < -0.39 is 30.5 Å². The molecule has 9 nitrogen and oxygen atoms in total. The molecule has 0 aliphatic heterocycles. The summed E-state index contributed by atoms with van der Waals surface area (Å²) in [6.45, 7) is 8.15. The Hall–Kier alpha value is -2.84. The first-order valence-corrected chi connectivity index (χ1v) is 8.34. The third-order valence-electron chi connectivity index (χ3n) is 3.70. The highest BCUT2D eigenvalue weighted by atomic mass is 16.5. The zero-order valence-electron chi connectivity index (χ0n) is 15.6. The molecule has 0 aliphatic rings. The van der Waals surface area contributed by atoms with E-state index >= 15 is 0 Å². The fourth-order valence-electron chi connectivity index (χ4n) is 2.19. The summed E-state index contributed by atoms with van der Waals surface area (Å²) in [4.78, 5) is 50.0. The molecule has 0 radical (unpaired) electrons. The SMILES string of the molecule is CCOC(=O)c1c(C)[nH]c(C(=O)OCC(=O)NC(=O)N[C@H](C)CC)c1C. The van der Waals surface area contributed by atoms with Gasteiger partial charge in [0.15, 0.2) is 6.61 Å². The molecular weight excluding hydrogens is 342 g/mol. The number of imide groups is 1. The number of ether oxygens (including phenoxy) is 2. The predicted octanol–water partition coefficient (Wildman–Crippen LogP) is 1.59. The maximum atomic E-state index is 12.1. The van der Waals surface area contributed by atoms with Crippen LogP contribution in [0, 0.1) is 13.8 Å². The van der Waals surface area contributed by atoms with Crippen LogP contribution >= 0.6 is 0 Å². The van der Waals surface area contributed by atoms with Gasteiger partial charge in [0.1, 0.15) is 5.69 Å². The molecule has 0 bridgehead atoms. The quantitative estimate of drug-likeness (QED) is 0.628. The van der Waals surface area contributed by atoms with Crippen LogP contribution in [0.15, 0.2) is 0 Å². The Kier molecular flexibility index (Phi) is 7.82. The van der Waals surface area contributed by atoms with Crippen LogP contribution in [0.4, 0.5) is 4.79 Å². The zero-order valence-corrected chi connectivity index (χ0v) is 15.6. The van der Waals surface area contributed by atoms with Crippen molar-refractivity contribution in [3.05, 3.63) is 22.5 Å². The van der Waals surface area contributed by atoms with Gasteiger partial charge in [0.2, 0.25) is 0 Å². The Morgan fingerprint density at radius 1 is 1.08 bits per heavy atom. The summed E-state index contributed by atoms with van der Waals surface area (Å²) in [6.07, 6.45) is 0.713. The normalized spacial score (nSPS) is 11.4. The molecule has 0 fully saturated rings. The summed E-state index contributed by atoms with van der Waals surface area (Å²) >= 11 is 0. The number of aromatic amines is 1. The third kappa shape index (κ3) is 5.61. The molecule has 0 saturated heterocycles. The Labute approximate surface area is 151 Å². The van der Waals surface area contributed by atoms with Crippen LogP contribution < -0.4 is 10.6 Å². The molecule has 1 heterocycles. The molecule has 26 heavy (non-hydrogen) atoms. The van der Waals surface area contributed by atoms with Crippen molar-refractivity contribution in [2.45, 2.75) is 47.1 Å². The summed E-state index contributed by atoms with van der Waals surface area (Å²) in [5.41, 5.74) is 1.16. The van der Waals surface area contributed by atoms with E-state index in [9.17, 15) is 19.2 Å². The van der Waals surface area contributed by atoms with Crippen molar-refractivity contribution in [1.29, 1.82) is 0 Å². The number of carbonyl (C=O) groups is 4.